The predicted octanol–water partition coefficient (Wildman–Crippen LogP) is 5.40. The Kier molecular flexibility index (Phi) is 4.67. The Morgan fingerprint density at radius 2 is 1.45 bits per heavy atom. The molecule has 4 nitrogen and oxygen atoms in total. The van der Waals surface area contributed by atoms with E-state index < -0.39 is 10.0 Å². The van der Waals surface area contributed by atoms with Gasteiger partial charge in [-0.25, -0.2) is 12.8 Å². The summed E-state index contributed by atoms with van der Waals surface area (Å²) in [6.45, 7) is 3.88. The molecule has 3 aromatic carbocycles. The molecule has 0 unspecified atom stereocenters. The normalized spacial score (nSPS) is 11.7. The Morgan fingerprint density at radius 3 is 2.07 bits per heavy atom. The maximum absolute atomic E-state index is 14.0. The third kappa shape index (κ3) is 3.51. The van der Waals surface area contributed by atoms with Gasteiger partial charge in [-0.15, -0.1) is 0 Å². The van der Waals surface area contributed by atoms with Gasteiger partial charge < -0.3 is 4.57 Å². The maximum atomic E-state index is 14.0. The van der Waals surface area contributed by atoms with Crippen LogP contribution in [0.2, 0.25) is 0 Å². The van der Waals surface area contributed by atoms with Crippen LogP contribution in [0.25, 0.3) is 22.0 Å². The SMILES string of the molecule is Cc1ccc(-c2c(NS(=O)(=O)c3ccc(C)cc3)n(C)c3ccc(F)cc23)cc1. The van der Waals surface area contributed by atoms with Gasteiger partial charge in [0.05, 0.1) is 10.4 Å². The Hall–Kier alpha value is -3.12. The van der Waals surface area contributed by atoms with E-state index in [4.69, 9.17) is 0 Å². The first-order chi connectivity index (χ1) is 13.8. The third-order valence-corrected chi connectivity index (χ3v) is 6.42. The van der Waals surface area contributed by atoms with Crippen molar-refractivity contribution in [1.29, 1.82) is 0 Å². The van der Waals surface area contributed by atoms with Gasteiger partial charge >= 0.3 is 0 Å². The van der Waals surface area contributed by atoms with Gasteiger partial charge in [0.1, 0.15) is 11.6 Å². The summed E-state index contributed by atoms with van der Waals surface area (Å²) in [7, 11) is -2.04. The summed E-state index contributed by atoms with van der Waals surface area (Å²) in [5.41, 5.74) is 4.26. The lowest BCUT2D eigenvalue weighted by Gasteiger charge is -2.12. The molecule has 0 aliphatic carbocycles. The molecule has 0 amide bonds. The number of halogens is 1. The van der Waals surface area contributed by atoms with Gasteiger partial charge in [-0.2, -0.15) is 0 Å². The fraction of sp³-hybridized carbons (Fsp3) is 0.130. The molecule has 148 valence electrons. The van der Waals surface area contributed by atoms with Crippen molar-refractivity contribution in [3.8, 4) is 11.1 Å². The topological polar surface area (TPSA) is 51.1 Å². The highest BCUT2D eigenvalue weighted by atomic mass is 32.2. The Bertz CT molecular complexity index is 1310. The molecule has 0 aliphatic rings. The zero-order valence-corrected chi connectivity index (χ0v) is 17.2. The molecule has 1 aromatic heterocycles. The van der Waals surface area contributed by atoms with Crippen LogP contribution in [-0.4, -0.2) is 13.0 Å². The van der Waals surface area contributed by atoms with Crippen molar-refractivity contribution in [3.63, 3.8) is 0 Å². The second-order valence-corrected chi connectivity index (χ2v) is 8.91. The summed E-state index contributed by atoms with van der Waals surface area (Å²) in [6, 6.07) is 18.9. The minimum Gasteiger partial charge on any atom is -0.329 e. The summed E-state index contributed by atoms with van der Waals surface area (Å²) in [5.74, 6) is 0.0273. The van der Waals surface area contributed by atoms with Gasteiger partial charge in [0.25, 0.3) is 10.0 Å². The average molecular weight is 408 g/mol. The smallest absolute Gasteiger partial charge is 0.263 e. The molecule has 29 heavy (non-hydrogen) atoms. The Balaban J connectivity index is 1.94. The summed E-state index contributed by atoms with van der Waals surface area (Å²) in [4.78, 5) is 0.175. The molecule has 1 N–H and O–H groups in total. The molecule has 0 fully saturated rings. The lowest BCUT2D eigenvalue weighted by molar-refractivity contribution is 0.600. The van der Waals surface area contributed by atoms with E-state index in [1.807, 2.05) is 38.1 Å². The van der Waals surface area contributed by atoms with Crippen molar-refractivity contribution in [3.05, 3.63) is 83.7 Å². The number of rotatable bonds is 4. The van der Waals surface area contributed by atoms with Crippen LogP contribution in [0.5, 0.6) is 0 Å². The lowest BCUT2D eigenvalue weighted by Crippen LogP contribution is -2.15. The number of anilines is 1. The van der Waals surface area contributed by atoms with E-state index in [2.05, 4.69) is 4.72 Å². The first-order valence-corrected chi connectivity index (χ1v) is 10.7. The minimum atomic E-state index is -3.81. The molecule has 0 aliphatic heterocycles. The number of sulfonamides is 1. The number of benzene rings is 3. The number of nitrogens with one attached hydrogen (secondary N) is 1. The monoisotopic (exact) mass is 408 g/mol. The fourth-order valence-electron chi connectivity index (χ4n) is 3.45. The summed E-state index contributed by atoms with van der Waals surface area (Å²) in [5, 5.41) is 0.651. The average Bonchev–Trinajstić information content (AvgIpc) is 2.93. The number of hydrogen-bond acceptors (Lipinski definition) is 2. The summed E-state index contributed by atoms with van der Waals surface area (Å²) < 4.78 is 44.6. The molecule has 0 saturated carbocycles. The summed E-state index contributed by atoms with van der Waals surface area (Å²) >= 11 is 0. The highest BCUT2D eigenvalue weighted by molar-refractivity contribution is 7.92. The van der Waals surface area contributed by atoms with E-state index >= 15 is 0 Å². The van der Waals surface area contributed by atoms with Crippen LogP contribution < -0.4 is 4.72 Å². The molecule has 6 heteroatoms. The quantitative estimate of drug-likeness (QED) is 0.491. The fourth-order valence-corrected chi connectivity index (χ4v) is 4.56. The van der Waals surface area contributed by atoms with Gasteiger partial charge in [-0.1, -0.05) is 47.5 Å². The van der Waals surface area contributed by atoms with Crippen molar-refractivity contribution >= 4 is 26.7 Å². The van der Waals surface area contributed by atoms with E-state index in [1.54, 1.807) is 41.9 Å². The van der Waals surface area contributed by atoms with Crippen molar-refractivity contribution < 1.29 is 12.8 Å². The van der Waals surface area contributed by atoms with Gasteiger partial charge in [-0.3, -0.25) is 4.72 Å². The van der Waals surface area contributed by atoms with Crippen molar-refractivity contribution in [1.82, 2.24) is 4.57 Å². The zero-order valence-electron chi connectivity index (χ0n) is 16.4. The van der Waals surface area contributed by atoms with Gasteiger partial charge in [0.2, 0.25) is 0 Å². The van der Waals surface area contributed by atoms with Crippen LogP contribution in [0.4, 0.5) is 10.2 Å². The number of nitrogens with zero attached hydrogens (tertiary/aromatic N) is 1. The van der Waals surface area contributed by atoms with E-state index in [-0.39, 0.29) is 10.7 Å². The van der Waals surface area contributed by atoms with Gasteiger partial charge in [0, 0.05) is 18.0 Å². The van der Waals surface area contributed by atoms with E-state index in [1.165, 1.54) is 12.1 Å². The summed E-state index contributed by atoms with van der Waals surface area (Å²) in [6.07, 6.45) is 0. The van der Waals surface area contributed by atoms with Crippen LogP contribution in [0.15, 0.2) is 71.6 Å². The number of hydrogen-bond donors (Lipinski definition) is 1. The molecule has 0 bridgehead atoms. The maximum Gasteiger partial charge on any atom is 0.263 e. The van der Waals surface area contributed by atoms with Crippen LogP contribution >= 0.6 is 0 Å². The molecule has 0 spiro atoms. The first kappa shape index (κ1) is 19.2. The van der Waals surface area contributed by atoms with E-state index in [9.17, 15) is 12.8 Å². The van der Waals surface area contributed by atoms with Gasteiger partial charge in [0.15, 0.2) is 0 Å². The largest absolute Gasteiger partial charge is 0.329 e. The van der Waals surface area contributed by atoms with Crippen LogP contribution in [0, 0.1) is 19.7 Å². The van der Waals surface area contributed by atoms with Crippen molar-refractivity contribution in [2.24, 2.45) is 7.05 Å². The molecule has 0 radical (unpaired) electrons. The van der Waals surface area contributed by atoms with E-state index in [0.717, 1.165) is 22.2 Å². The highest BCUT2D eigenvalue weighted by Crippen LogP contribution is 2.39. The molecular formula is C23H21FN2O2S. The Labute approximate surface area is 169 Å². The van der Waals surface area contributed by atoms with Gasteiger partial charge in [-0.05, 0) is 49.7 Å². The second kappa shape index (κ2) is 7.04. The second-order valence-electron chi connectivity index (χ2n) is 7.23. The third-order valence-electron chi connectivity index (χ3n) is 5.06. The number of fused-ring (bicyclic) bond motifs is 1. The van der Waals surface area contributed by atoms with Crippen LogP contribution in [0.3, 0.4) is 0 Å². The Morgan fingerprint density at radius 1 is 0.862 bits per heavy atom. The molecular weight excluding hydrogens is 387 g/mol. The zero-order chi connectivity index (χ0) is 20.8. The number of aryl methyl sites for hydroxylation is 3. The predicted molar refractivity (Wildman–Crippen MR) is 115 cm³/mol. The molecule has 0 atom stereocenters. The van der Waals surface area contributed by atoms with Crippen molar-refractivity contribution in [2.45, 2.75) is 18.7 Å². The number of aromatic nitrogens is 1. The standard InChI is InChI=1S/C23H21FN2O2S/c1-15-4-8-17(9-5-15)22-20-14-18(24)10-13-21(20)26(3)23(22)25-29(27,28)19-11-6-16(2)7-12-19/h4-14,25H,1-3H3. The molecule has 4 aromatic rings. The van der Waals surface area contributed by atoms with Crippen LogP contribution in [-0.2, 0) is 17.1 Å². The highest BCUT2D eigenvalue weighted by Gasteiger charge is 2.23. The molecule has 1 heterocycles. The van der Waals surface area contributed by atoms with E-state index in [0.29, 0.717) is 16.8 Å². The molecule has 0 saturated heterocycles. The van der Waals surface area contributed by atoms with Crippen LogP contribution in [0.1, 0.15) is 11.1 Å². The minimum absolute atomic E-state index is 0.175. The first-order valence-electron chi connectivity index (χ1n) is 9.21. The lowest BCUT2D eigenvalue weighted by atomic mass is 10.0. The van der Waals surface area contributed by atoms with Crippen molar-refractivity contribution in [2.75, 3.05) is 4.72 Å². The molecule has 4 rings (SSSR count).